The fourth-order valence-electron chi connectivity index (χ4n) is 6.05. The highest BCUT2D eigenvalue weighted by Crippen LogP contribution is 2.67. The number of fused-ring (bicyclic) bond motifs is 6. The molecule has 6 heterocycles. The van der Waals surface area contributed by atoms with Crippen LogP contribution in [0.5, 0.6) is 23.0 Å². The van der Waals surface area contributed by atoms with Gasteiger partial charge in [0.1, 0.15) is 24.4 Å². The van der Waals surface area contributed by atoms with Gasteiger partial charge in [-0.05, 0) is 63.6 Å². The van der Waals surface area contributed by atoms with Crippen molar-refractivity contribution in [2.24, 2.45) is 0 Å². The van der Waals surface area contributed by atoms with Crippen molar-refractivity contribution in [1.82, 2.24) is 9.80 Å². The Morgan fingerprint density at radius 3 is 2.33 bits per heavy atom. The third-order valence-electron chi connectivity index (χ3n) is 8.19. The first-order chi connectivity index (χ1) is 20.2. The Balaban J connectivity index is 1.49. The SMILES string of the molecule is COc1ccc2cc1Oc1cc(ccc1OC)[C@H](O)[C@@]13SS[C@@]4(C(=O)N1C)[C@H](O)C1=COC=C[C@H](OC2=O)[C@H]1N4C3=O. The third kappa shape index (κ3) is 3.31. The van der Waals surface area contributed by atoms with Crippen molar-refractivity contribution in [1.29, 1.82) is 0 Å². The van der Waals surface area contributed by atoms with E-state index in [1.165, 1.54) is 67.9 Å². The normalized spacial score (nSPS) is 32.6. The van der Waals surface area contributed by atoms with E-state index < -0.39 is 51.9 Å². The molecule has 42 heavy (non-hydrogen) atoms. The molecule has 12 nitrogen and oxygen atoms in total. The summed E-state index contributed by atoms with van der Waals surface area (Å²) in [5.41, 5.74) is 0.551. The summed E-state index contributed by atoms with van der Waals surface area (Å²) in [5, 5.41) is 23.5. The van der Waals surface area contributed by atoms with Crippen molar-refractivity contribution >= 4 is 39.4 Å². The number of methoxy groups -OCH3 is 2. The van der Waals surface area contributed by atoms with Gasteiger partial charge in [0.2, 0.25) is 9.74 Å². The highest BCUT2D eigenvalue weighted by molar-refractivity contribution is 8.78. The van der Waals surface area contributed by atoms with Gasteiger partial charge in [-0.25, -0.2) is 4.79 Å². The summed E-state index contributed by atoms with van der Waals surface area (Å²) >= 11 is 0. The standard InChI is InChI=1S/C28H24N2O10S2/c1-29-25(34)28-23(32)15-12-38-9-8-18-21(15)30(28)26(35)27(29,41-42-28)22(31)13-4-6-16(36-2)19(10-13)39-20-11-14(24(33)40-18)5-7-17(20)37-3/h4-12,18,21-23,31-32H,1-3H3/t18-,21-,22-,23+,27-,28+/m0/s1. The molecule has 0 saturated carbocycles. The monoisotopic (exact) mass is 612 g/mol. The van der Waals surface area contributed by atoms with Gasteiger partial charge in [-0.3, -0.25) is 9.59 Å². The second-order valence-electron chi connectivity index (χ2n) is 10.2. The lowest BCUT2D eigenvalue weighted by Gasteiger charge is -2.60. The number of carbonyl (C=O) groups is 3. The maximum absolute atomic E-state index is 14.6. The lowest BCUT2D eigenvalue weighted by atomic mass is 9.93. The summed E-state index contributed by atoms with van der Waals surface area (Å²) in [4.78, 5) is 41.1. The number of piperazine rings is 1. The van der Waals surface area contributed by atoms with Crippen molar-refractivity contribution in [2.45, 2.75) is 34.1 Å². The van der Waals surface area contributed by atoms with Crippen molar-refractivity contribution in [3.8, 4) is 23.0 Å². The van der Waals surface area contributed by atoms with E-state index in [1.54, 1.807) is 18.2 Å². The van der Waals surface area contributed by atoms with Crippen LogP contribution in [-0.2, 0) is 19.1 Å². The minimum Gasteiger partial charge on any atom is -0.493 e. The predicted molar refractivity (Wildman–Crippen MR) is 149 cm³/mol. The molecule has 4 fully saturated rings. The average molecular weight is 613 g/mol. The molecule has 218 valence electrons. The first-order valence-corrected chi connectivity index (χ1v) is 15.0. The van der Waals surface area contributed by atoms with Crippen LogP contribution < -0.4 is 14.2 Å². The second-order valence-corrected chi connectivity index (χ2v) is 12.8. The van der Waals surface area contributed by atoms with Crippen molar-refractivity contribution < 1.29 is 48.3 Å². The van der Waals surface area contributed by atoms with Crippen LogP contribution in [-0.4, -0.2) is 87.1 Å². The van der Waals surface area contributed by atoms with Crippen LogP contribution in [0.2, 0.25) is 0 Å². The van der Waals surface area contributed by atoms with E-state index in [-0.39, 0.29) is 28.2 Å². The molecular formula is C28H24N2O10S2. The number of amides is 2. The minimum atomic E-state index is -1.84. The molecule has 6 atom stereocenters. The molecule has 2 aromatic carbocycles. The minimum absolute atomic E-state index is 0.108. The van der Waals surface area contributed by atoms with Crippen LogP contribution in [0.25, 0.3) is 0 Å². The van der Waals surface area contributed by atoms with E-state index >= 15 is 0 Å². The zero-order valence-electron chi connectivity index (χ0n) is 22.4. The van der Waals surface area contributed by atoms with E-state index in [2.05, 4.69) is 0 Å². The zero-order chi connectivity index (χ0) is 29.6. The zero-order valence-corrected chi connectivity index (χ0v) is 24.0. The number of aliphatic hydroxyl groups excluding tert-OH is 2. The van der Waals surface area contributed by atoms with Gasteiger partial charge < -0.3 is 43.7 Å². The van der Waals surface area contributed by atoms with E-state index in [1.807, 2.05) is 0 Å². The summed E-state index contributed by atoms with van der Waals surface area (Å²) in [7, 11) is 6.28. The summed E-state index contributed by atoms with van der Waals surface area (Å²) in [6.45, 7) is 0. The van der Waals surface area contributed by atoms with Gasteiger partial charge >= 0.3 is 5.97 Å². The quantitative estimate of drug-likeness (QED) is 0.379. The molecule has 6 aliphatic heterocycles. The molecular weight excluding hydrogens is 588 g/mol. The number of aliphatic hydroxyl groups is 2. The van der Waals surface area contributed by atoms with Crippen molar-refractivity contribution in [2.75, 3.05) is 21.3 Å². The maximum Gasteiger partial charge on any atom is 0.338 e. The first kappa shape index (κ1) is 27.0. The highest BCUT2D eigenvalue weighted by atomic mass is 33.1. The Labute approximate surface area is 247 Å². The maximum atomic E-state index is 14.6. The Hall–Kier alpha value is -3.85. The fourth-order valence-corrected chi connectivity index (χ4v) is 9.92. The van der Waals surface area contributed by atoms with Crippen LogP contribution in [0.3, 0.4) is 0 Å². The predicted octanol–water partition coefficient (Wildman–Crippen LogP) is 2.33. The Bertz CT molecular complexity index is 1610. The number of benzene rings is 2. The summed E-state index contributed by atoms with van der Waals surface area (Å²) in [6.07, 6.45) is -0.204. The molecule has 0 aliphatic carbocycles. The molecule has 0 aromatic heterocycles. The number of hydrogen-bond donors (Lipinski definition) is 2. The fraction of sp³-hybridized carbons (Fsp3) is 0.321. The molecule has 4 saturated heterocycles. The molecule has 2 spiro atoms. The van der Waals surface area contributed by atoms with Gasteiger partial charge in [-0.15, -0.1) is 0 Å². The van der Waals surface area contributed by atoms with Crippen LogP contribution in [0.15, 0.2) is 60.6 Å². The average Bonchev–Trinajstić information content (AvgIpc) is 3.10. The van der Waals surface area contributed by atoms with Gasteiger partial charge in [0, 0.05) is 12.6 Å². The molecule has 2 N–H and O–H groups in total. The smallest absolute Gasteiger partial charge is 0.338 e. The Kier molecular flexibility index (Phi) is 6.00. The van der Waals surface area contributed by atoms with Crippen LogP contribution in [0.1, 0.15) is 22.0 Å². The molecule has 0 radical (unpaired) electrons. The molecule has 6 aliphatic rings. The lowest BCUT2D eigenvalue weighted by Crippen LogP contribution is -2.79. The Morgan fingerprint density at radius 2 is 1.60 bits per heavy atom. The van der Waals surface area contributed by atoms with Crippen molar-refractivity contribution in [3.05, 3.63) is 71.7 Å². The van der Waals surface area contributed by atoms with Crippen LogP contribution in [0.4, 0.5) is 0 Å². The molecule has 8 rings (SSSR count). The summed E-state index contributed by atoms with van der Waals surface area (Å²) in [5.74, 6) is -1.06. The van der Waals surface area contributed by atoms with Crippen LogP contribution in [0, 0.1) is 0 Å². The summed E-state index contributed by atoms with van der Waals surface area (Å²) in [6, 6.07) is 8.03. The van der Waals surface area contributed by atoms with Gasteiger partial charge in [0.15, 0.2) is 23.0 Å². The number of carbonyl (C=O) groups excluding carboxylic acids is 3. The Morgan fingerprint density at radius 1 is 0.905 bits per heavy atom. The molecule has 2 amide bonds. The number of ether oxygens (including phenoxy) is 5. The van der Waals surface area contributed by atoms with Gasteiger partial charge in [0.25, 0.3) is 11.8 Å². The van der Waals surface area contributed by atoms with E-state index in [0.717, 1.165) is 21.6 Å². The first-order valence-electron chi connectivity index (χ1n) is 12.8. The second kappa shape index (κ2) is 9.33. The molecule has 2 aromatic rings. The number of esters is 1. The molecule has 0 unspecified atom stereocenters. The third-order valence-corrected chi connectivity index (χ3v) is 11.8. The van der Waals surface area contributed by atoms with Gasteiger partial charge in [-0.1, -0.05) is 6.07 Å². The number of likely N-dealkylation sites (N-methyl/N-ethyl adjacent to an activating group) is 1. The van der Waals surface area contributed by atoms with Crippen LogP contribution >= 0.6 is 21.6 Å². The van der Waals surface area contributed by atoms with E-state index in [9.17, 15) is 24.6 Å². The molecule has 7 bridgehead atoms. The van der Waals surface area contributed by atoms with Crippen molar-refractivity contribution in [3.63, 3.8) is 0 Å². The topological polar surface area (TPSA) is 144 Å². The van der Waals surface area contributed by atoms with Gasteiger partial charge in [-0.2, -0.15) is 0 Å². The molecule has 14 heteroatoms. The van der Waals surface area contributed by atoms with E-state index in [0.29, 0.717) is 11.5 Å². The lowest BCUT2D eigenvalue weighted by molar-refractivity contribution is -0.175. The number of nitrogens with zero attached hydrogens (tertiary/aromatic N) is 2. The number of hydrogen-bond acceptors (Lipinski definition) is 12. The number of rotatable bonds is 2. The van der Waals surface area contributed by atoms with Gasteiger partial charge in [0.05, 0.1) is 32.3 Å². The van der Waals surface area contributed by atoms with E-state index in [4.69, 9.17) is 23.7 Å². The summed E-state index contributed by atoms with van der Waals surface area (Å²) < 4.78 is 28.5. The largest absolute Gasteiger partial charge is 0.493 e. The highest BCUT2D eigenvalue weighted by Gasteiger charge is 2.78.